The Morgan fingerprint density at radius 1 is 0.938 bits per heavy atom. The van der Waals surface area contributed by atoms with Crippen LogP contribution in [0.15, 0.2) is 85.2 Å². The molecule has 0 spiro atoms. The number of anilines is 1. The van der Waals surface area contributed by atoms with Crippen molar-refractivity contribution in [3.05, 3.63) is 102 Å². The Bertz CT molecular complexity index is 1120. The van der Waals surface area contributed by atoms with Gasteiger partial charge in [0.25, 0.3) is 5.91 Å². The van der Waals surface area contributed by atoms with Crippen LogP contribution in [0.4, 0.5) is 5.82 Å². The van der Waals surface area contributed by atoms with Gasteiger partial charge in [-0.3, -0.25) is 14.6 Å². The van der Waals surface area contributed by atoms with Gasteiger partial charge in [-0.25, -0.2) is 4.98 Å². The van der Waals surface area contributed by atoms with Crippen LogP contribution in [0.2, 0.25) is 0 Å². The van der Waals surface area contributed by atoms with Gasteiger partial charge < -0.3 is 10.2 Å². The molecule has 32 heavy (non-hydrogen) atoms. The van der Waals surface area contributed by atoms with Gasteiger partial charge in [0.1, 0.15) is 11.5 Å². The lowest BCUT2D eigenvalue weighted by Crippen LogP contribution is -2.30. The maximum atomic E-state index is 12.7. The minimum absolute atomic E-state index is 0.0137. The number of carbonyl (C=O) groups is 2. The van der Waals surface area contributed by atoms with Crippen molar-refractivity contribution in [3.63, 3.8) is 0 Å². The molecule has 0 atom stereocenters. The zero-order chi connectivity index (χ0) is 22.2. The molecule has 1 N–H and O–H groups in total. The summed E-state index contributed by atoms with van der Waals surface area (Å²) < 4.78 is 0. The first-order valence-corrected chi connectivity index (χ1v) is 10.6. The highest BCUT2D eigenvalue weighted by atomic mass is 16.2. The topological polar surface area (TPSA) is 75.2 Å². The van der Waals surface area contributed by atoms with E-state index in [1.807, 2.05) is 29.2 Å². The van der Waals surface area contributed by atoms with E-state index in [1.165, 1.54) is 11.1 Å². The third kappa shape index (κ3) is 5.55. The lowest BCUT2D eigenvalue weighted by atomic mass is 10.0. The zero-order valence-corrected chi connectivity index (χ0v) is 17.6. The van der Waals surface area contributed by atoms with Crippen molar-refractivity contribution in [1.29, 1.82) is 0 Å². The van der Waals surface area contributed by atoms with Crippen molar-refractivity contribution >= 4 is 29.3 Å². The molecule has 1 aliphatic heterocycles. The average Bonchev–Trinajstić information content (AvgIpc) is 3.11. The predicted octanol–water partition coefficient (Wildman–Crippen LogP) is 4.45. The summed E-state index contributed by atoms with van der Waals surface area (Å²) in [6.07, 6.45) is 10.4. The van der Waals surface area contributed by atoms with Crippen LogP contribution in [0.3, 0.4) is 0 Å². The Morgan fingerprint density at radius 2 is 1.78 bits per heavy atom. The third-order valence-electron chi connectivity index (χ3n) is 5.24. The van der Waals surface area contributed by atoms with E-state index in [2.05, 4.69) is 33.5 Å². The van der Waals surface area contributed by atoms with Crippen LogP contribution in [0.5, 0.6) is 0 Å². The van der Waals surface area contributed by atoms with Crippen LogP contribution < -0.4 is 5.32 Å². The highest BCUT2D eigenvalue weighted by molar-refractivity contribution is 6.02. The van der Waals surface area contributed by atoms with Crippen LogP contribution in [0, 0.1) is 0 Å². The second kappa shape index (κ2) is 10.3. The van der Waals surface area contributed by atoms with E-state index in [0.29, 0.717) is 24.6 Å². The minimum atomic E-state index is -0.318. The number of aromatic nitrogens is 2. The molecule has 0 fully saturated rings. The molecule has 2 amide bonds. The molecule has 0 bridgehead atoms. The molecule has 3 aromatic rings. The summed E-state index contributed by atoms with van der Waals surface area (Å²) in [5.41, 5.74) is 3.62. The van der Waals surface area contributed by atoms with E-state index in [4.69, 9.17) is 0 Å². The van der Waals surface area contributed by atoms with Crippen molar-refractivity contribution in [1.82, 2.24) is 14.9 Å². The maximum Gasteiger partial charge on any atom is 0.275 e. The number of hydrogen-bond donors (Lipinski definition) is 1. The number of benzene rings is 1. The van der Waals surface area contributed by atoms with Gasteiger partial charge in [0.05, 0.1) is 0 Å². The van der Waals surface area contributed by atoms with Crippen molar-refractivity contribution in [3.8, 4) is 0 Å². The van der Waals surface area contributed by atoms with Gasteiger partial charge in [0.15, 0.2) is 0 Å². The Labute approximate surface area is 187 Å². The van der Waals surface area contributed by atoms with Crippen LogP contribution >= 0.6 is 0 Å². The van der Waals surface area contributed by atoms with Crippen LogP contribution in [-0.2, 0) is 4.79 Å². The number of nitrogens with zero attached hydrogens (tertiary/aromatic N) is 3. The Hall–Kier alpha value is -4.06. The van der Waals surface area contributed by atoms with Crippen molar-refractivity contribution in [2.45, 2.75) is 12.8 Å². The molecule has 1 aliphatic rings. The Morgan fingerprint density at radius 3 is 2.53 bits per heavy atom. The smallest absolute Gasteiger partial charge is 0.275 e. The molecule has 1 aromatic carbocycles. The first kappa shape index (κ1) is 21.2. The highest BCUT2D eigenvalue weighted by Crippen LogP contribution is 2.22. The molecule has 3 heterocycles. The highest BCUT2D eigenvalue weighted by Gasteiger charge is 2.15. The molecular weight excluding hydrogens is 400 g/mol. The molecule has 0 saturated carbocycles. The van der Waals surface area contributed by atoms with Crippen molar-refractivity contribution in [2.24, 2.45) is 0 Å². The Balaban J connectivity index is 1.31. The summed E-state index contributed by atoms with van der Waals surface area (Å²) in [6, 6.07) is 19.0. The van der Waals surface area contributed by atoms with Gasteiger partial charge in [-0.2, -0.15) is 0 Å². The van der Waals surface area contributed by atoms with Crippen molar-refractivity contribution < 1.29 is 9.59 Å². The van der Waals surface area contributed by atoms with Gasteiger partial charge in [-0.15, -0.1) is 0 Å². The lowest BCUT2D eigenvalue weighted by Gasteiger charge is -2.18. The van der Waals surface area contributed by atoms with Crippen molar-refractivity contribution in [2.75, 3.05) is 18.4 Å². The summed E-state index contributed by atoms with van der Waals surface area (Å²) >= 11 is 0. The molecule has 0 unspecified atom stereocenters. The molecule has 0 radical (unpaired) electrons. The molecule has 2 aromatic heterocycles. The SMILES string of the molecule is O=C(Nc1ccc(C=CC(=O)N2CCC=C(c3ccccc3)CC2)cn1)c1ccccn1. The van der Waals surface area contributed by atoms with Gasteiger partial charge >= 0.3 is 0 Å². The van der Waals surface area contributed by atoms with E-state index in [0.717, 1.165) is 18.4 Å². The van der Waals surface area contributed by atoms with E-state index in [-0.39, 0.29) is 11.8 Å². The fourth-order valence-corrected chi connectivity index (χ4v) is 3.53. The average molecular weight is 425 g/mol. The van der Waals surface area contributed by atoms with E-state index >= 15 is 0 Å². The van der Waals surface area contributed by atoms with E-state index in [9.17, 15) is 9.59 Å². The van der Waals surface area contributed by atoms with Crippen LogP contribution in [0.25, 0.3) is 11.6 Å². The summed E-state index contributed by atoms with van der Waals surface area (Å²) in [7, 11) is 0. The van der Waals surface area contributed by atoms with Gasteiger partial charge in [0.2, 0.25) is 5.91 Å². The molecule has 6 nitrogen and oxygen atoms in total. The van der Waals surface area contributed by atoms with Crippen LogP contribution in [0.1, 0.15) is 34.5 Å². The van der Waals surface area contributed by atoms with E-state index < -0.39 is 0 Å². The second-order valence-electron chi connectivity index (χ2n) is 7.44. The standard InChI is InChI=1S/C26H24N4O2/c31-25(30-17-6-9-22(15-18-30)21-7-2-1-3-8-21)14-12-20-11-13-24(28-19-20)29-26(32)23-10-4-5-16-27-23/h1-5,7-14,16,19H,6,15,17-18H2,(H,28,29,32). The first-order chi connectivity index (χ1) is 15.7. The van der Waals surface area contributed by atoms with Gasteiger partial charge in [-0.1, -0.05) is 42.5 Å². The fourth-order valence-electron chi connectivity index (χ4n) is 3.53. The lowest BCUT2D eigenvalue weighted by molar-refractivity contribution is -0.125. The molecule has 0 aliphatic carbocycles. The fraction of sp³-hybridized carbons (Fsp3) is 0.154. The largest absolute Gasteiger partial charge is 0.339 e. The molecule has 4 rings (SSSR count). The number of hydrogen-bond acceptors (Lipinski definition) is 4. The zero-order valence-electron chi connectivity index (χ0n) is 17.6. The maximum absolute atomic E-state index is 12.7. The molecule has 0 saturated heterocycles. The van der Waals surface area contributed by atoms with Crippen LogP contribution in [-0.4, -0.2) is 39.8 Å². The molecular formula is C26H24N4O2. The predicted molar refractivity (Wildman–Crippen MR) is 126 cm³/mol. The number of carbonyl (C=O) groups excluding carboxylic acids is 2. The number of rotatable bonds is 5. The number of nitrogens with one attached hydrogen (secondary N) is 1. The van der Waals surface area contributed by atoms with Gasteiger partial charge in [0, 0.05) is 31.6 Å². The van der Waals surface area contributed by atoms with Gasteiger partial charge in [-0.05, 0) is 59.9 Å². The second-order valence-corrected chi connectivity index (χ2v) is 7.44. The minimum Gasteiger partial charge on any atom is -0.339 e. The summed E-state index contributed by atoms with van der Waals surface area (Å²) in [5, 5.41) is 2.71. The van der Waals surface area contributed by atoms with E-state index in [1.54, 1.807) is 48.8 Å². The normalized spacial score (nSPS) is 14.0. The summed E-state index contributed by atoms with van der Waals surface area (Å²) in [6.45, 7) is 1.40. The first-order valence-electron chi connectivity index (χ1n) is 10.6. The number of amides is 2. The third-order valence-corrected chi connectivity index (χ3v) is 5.24. The monoisotopic (exact) mass is 424 g/mol. The quantitative estimate of drug-likeness (QED) is 0.614. The molecule has 6 heteroatoms. The Kier molecular flexibility index (Phi) is 6.82. The number of pyridine rings is 2. The molecule has 160 valence electrons. The summed E-state index contributed by atoms with van der Waals surface area (Å²) in [5.74, 6) is 0.0950. The summed E-state index contributed by atoms with van der Waals surface area (Å²) in [4.78, 5) is 35.0.